The van der Waals surface area contributed by atoms with Gasteiger partial charge in [-0.25, -0.2) is 4.39 Å². The molecule has 4 aromatic heterocycles. The van der Waals surface area contributed by atoms with Gasteiger partial charge in [0.05, 0.1) is 36.2 Å². The zero-order valence-corrected chi connectivity index (χ0v) is 22.7. The minimum absolute atomic E-state index is 0.343. The number of halogens is 1. The maximum absolute atomic E-state index is 14.7. The normalized spacial score (nSPS) is 13.8. The topological polar surface area (TPSA) is 91.9 Å². The summed E-state index contributed by atoms with van der Waals surface area (Å²) < 4.78 is 26.0. The summed E-state index contributed by atoms with van der Waals surface area (Å²) in [5.74, 6) is 0.872. The molecule has 1 fully saturated rings. The summed E-state index contributed by atoms with van der Waals surface area (Å²) in [6, 6.07) is 15.0. The van der Waals surface area contributed by atoms with Gasteiger partial charge in [-0.2, -0.15) is 5.10 Å². The maximum atomic E-state index is 14.7. The third-order valence-electron chi connectivity index (χ3n) is 7.70. The second-order valence-corrected chi connectivity index (χ2v) is 10.4. The van der Waals surface area contributed by atoms with Gasteiger partial charge < -0.3 is 14.5 Å². The number of H-pyrrole nitrogens is 2. The number of pyridine rings is 2. The molecule has 6 aromatic rings. The molecular weight excluding hydrogens is 519 g/mol. The molecule has 0 radical (unpaired) electrons. The molecule has 206 valence electrons. The lowest BCUT2D eigenvalue weighted by molar-refractivity contribution is 0.237. The van der Waals surface area contributed by atoms with E-state index in [2.05, 4.69) is 36.1 Å². The number of aromatic amines is 2. The number of rotatable bonds is 8. The monoisotopic (exact) mass is 548 g/mol. The third kappa shape index (κ3) is 5.00. The van der Waals surface area contributed by atoms with Gasteiger partial charge in [0.25, 0.3) is 0 Å². The van der Waals surface area contributed by atoms with Crippen LogP contribution in [-0.4, -0.2) is 63.4 Å². The van der Waals surface area contributed by atoms with Gasteiger partial charge in [-0.15, -0.1) is 0 Å². The number of nitrogens with zero attached hydrogens (tertiary/aromatic N) is 4. The fourth-order valence-corrected chi connectivity index (χ4v) is 5.60. The largest absolute Gasteiger partial charge is 0.495 e. The quantitative estimate of drug-likeness (QED) is 0.227. The summed E-state index contributed by atoms with van der Waals surface area (Å²) in [5.41, 5.74) is 6.85. The minimum Gasteiger partial charge on any atom is -0.495 e. The van der Waals surface area contributed by atoms with E-state index < -0.39 is 0 Å². The van der Waals surface area contributed by atoms with Gasteiger partial charge in [0.1, 0.15) is 29.6 Å². The predicted molar refractivity (Wildman–Crippen MR) is 158 cm³/mol. The van der Waals surface area contributed by atoms with E-state index in [0.717, 1.165) is 69.5 Å². The molecule has 0 aliphatic carbocycles. The Balaban J connectivity index is 1.23. The number of nitrogens with one attached hydrogen (secondary N) is 2. The number of hydrogen-bond donors (Lipinski definition) is 2. The van der Waals surface area contributed by atoms with Gasteiger partial charge in [-0.1, -0.05) is 6.07 Å². The van der Waals surface area contributed by atoms with Crippen molar-refractivity contribution in [2.45, 2.75) is 12.8 Å². The van der Waals surface area contributed by atoms with E-state index >= 15 is 0 Å². The Labute approximate surface area is 236 Å². The first-order valence-electron chi connectivity index (χ1n) is 13.8. The average Bonchev–Trinajstić information content (AvgIpc) is 3.76. The molecule has 0 spiro atoms. The zero-order valence-electron chi connectivity index (χ0n) is 22.7. The minimum atomic E-state index is -0.343. The number of benzene rings is 2. The fraction of sp³-hybridized carbons (Fsp3) is 0.219. The second kappa shape index (κ2) is 10.7. The van der Waals surface area contributed by atoms with Crippen LogP contribution in [0.15, 0.2) is 73.3 Å². The lowest BCUT2D eigenvalue weighted by Crippen LogP contribution is -2.25. The molecule has 8 nitrogen and oxygen atoms in total. The number of fused-ring (bicyclic) bond motifs is 2. The van der Waals surface area contributed by atoms with Crippen molar-refractivity contribution >= 4 is 21.8 Å². The Morgan fingerprint density at radius 1 is 0.829 bits per heavy atom. The van der Waals surface area contributed by atoms with Crippen LogP contribution in [0, 0.1) is 5.82 Å². The first kappa shape index (κ1) is 25.2. The average molecular weight is 549 g/mol. The van der Waals surface area contributed by atoms with Crippen molar-refractivity contribution < 1.29 is 13.9 Å². The number of hydrogen-bond acceptors (Lipinski definition) is 6. The number of aromatic nitrogens is 5. The molecule has 2 N–H and O–H groups in total. The summed E-state index contributed by atoms with van der Waals surface area (Å²) in [4.78, 5) is 14.6. The highest BCUT2D eigenvalue weighted by molar-refractivity contribution is 6.01. The summed E-state index contributed by atoms with van der Waals surface area (Å²) >= 11 is 0. The molecular formula is C32H29FN6O2. The van der Waals surface area contributed by atoms with E-state index in [0.29, 0.717) is 23.7 Å². The summed E-state index contributed by atoms with van der Waals surface area (Å²) in [6.07, 6.45) is 9.50. The molecule has 0 atom stereocenters. The molecule has 7 rings (SSSR count). The highest BCUT2D eigenvalue weighted by atomic mass is 19.1. The van der Waals surface area contributed by atoms with Crippen molar-refractivity contribution in [3.63, 3.8) is 0 Å². The fourth-order valence-electron chi connectivity index (χ4n) is 5.60. The predicted octanol–water partition coefficient (Wildman–Crippen LogP) is 6.46. The van der Waals surface area contributed by atoms with Gasteiger partial charge in [0, 0.05) is 46.9 Å². The molecule has 0 bridgehead atoms. The van der Waals surface area contributed by atoms with Gasteiger partial charge in [0.15, 0.2) is 0 Å². The van der Waals surface area contributed by atoms with E-state index in [1.165, 1.54) is 25.0 Å². The van der Waals surface area contributed by atoms with Crippen LogP contribution in [-0.2, 0) is 0 Å². The van der Waals surface area contributed by atoms with Crippen molar-refractivity contribution in [1.29, 1.82) is 0 Å². The van der Waals surface area contributed by atoms with Crippen molar-refractivity contribution in [3.8, 4) is 45.1 Å². The Kier molecular flexibility index (Phi) is 6.56. The summed E-state index contributed by atoms with van der Waals surface area (Å²) in [5, 5.41) is 9.65. The molecule has 0 saturated carbocycles. The van der Waals surface area contributed by atoms with Crippen LogP contribution in [0.3, 0.4) is 0 Å². The number of likely N-dealkylation sites (tertiary alicyclic amines) is 1. The van der Waals surface area contributed by atoms with Crippen LogP contribution in [0.1, 0.15) is 12.8 Å². The summed E-state index contributed by atoms with van der Waals surface area (Å²) in [6.45, 7) is 3.58. The van der Waals surface area contributed by atoms with Crippen LogP contribution in [0.4, 0.5) is 4.39 Å². The SMILES string of the molecule is COc1cncc(-c2ccc3[nH]nc(-c4cc5c(-c6cc(F)cc(OCCN7CCCC7)c6)cncc5[nH]4)c3c2)c1. The molecule has 9 heteroatoms. The van der Waals surface area contributed by atoms with Crippen molar-refractivity contribution in [2.24, 2.45) is 0 Å². The first-order valence-corrected chi connectivity index (χ1v) is 13.8. The molecule has 1 aliphatic rings. The first-order chi connectivity index (χ1) is 20.1. The van der Waals surface area contributed by atoms with Crippen LogP contribution in [0.5, 0.6) is 11.5 Å². The van der Waals surface area contributed by atoms with Gasteiger partial charge in [-0.05, 0) is 73.5 Å². The van der Waals surface area contributed by atoms with E-state index in [1.807, 2.05) is 36.5 Å². The van der Waals surface area contributed by atoms with Crippen LogP contribution >= 0.6 is 0 Å². The number of methoxy groups -OCH3 is 1. The smallest absolute Gasteiger partial charge is 0.137 e. The van der Waals surface area contributed by atoms with Gasteiger partial charge in [-0.3, -0.25) is 20.0 Å². The highest BCUT2D eigenvalue weighted by Crippen LogP contribution is 2.36. The lowest BCUT2D eigenvalue weighted by atomic mass is 10.0. The Hall–Kier alpha value is -4.76. The second-order valence-electron chi connectivity index (χ2n) is 10.4. The third-order valence-corrected chi connectivity index (χ3v) is 7.70. The van der Waals surface area contributed by atoms with Crippen LogP contribution in [0.25, 0.3) is 55.4 Å². The zero-order chi connectivity index (χ0) is 27.8. The van der Waals surface area contributed by atoms with E-state index in [-0.39, 0.29) is 5.82 Å². The molecule has 2 aromatic carbocycles. The van der Waals surface area contributed by atoms with Crippen LogP contribution < -0.4 is 9.47 Å². The molecule has 5 heterocycles. The van der Waals surface area contributed by atoms with Crippen molar-refractivity contribution in [1.82, 2.24) is 30.0 Å². The van der Waals surface area contributed by atoms with Gasteiger partial charge >= 0.3 is 0 Å². The lowest BCUT2D eigenvalue weighted by Gasteiger charge is -2.15. The van der Waals surface area contributed by atoms with Crippen LogP contribution in [0.2, 0.25) is 0 Å². The van der Waals surface area contributed by atoms with E-state index in [4.69, 9.17) is 9.47 Å². The molecule has 1 aliphatic heterocycles. The van der Waals surface area contributed by atoms with Crippen molar-refractivity contribution in [3.05, 3.63) is 79.1 Å². The van der Waals surface area contributed by atoms with E-state index in [1.54, 1.807) is 25.7 Å². The van der Waals surface area contributed by atoms with E-state index in [9.17, 15) is 4.39 Å². The highest BCUT2D eigenvalue weighted by Gasteiger charge is 2.16. The standard InChI is InChI=1S/C32H29FN6O2/c1-40-25-12-22(16-34-17-25)20-4-5-29-27(13-20)32(38-37-29)30-15-26-28(18-35-19-31(26)36-30)21-10-23(33)14-24(11-21)41-9-8-39-6-2-3-7-39/h4-5,10-19,36H,2-3,6-9H2,1H3,(H,37,38). The molecule has 0 unspecified atom stereocenters. The van der Waals surface area contributed by atoms with Crippen molar-refractivity contribution in [2.75, 3.05) is 33.4 Å². The molecule has 0 amide bonds. The maximum Gasteiger partial charge on any atom is 0.137 e. The number of ether oxygens (including phenoxy) is 2. The molecule has 1 saturated heterocycles. The Bertz CT molecular complexity index is 1860. The Morgan fingerprint density at radius 2 is 1.68 bits per heavy atom. The molecule has 41 heavy (non-hydrogen) atoms. The summed E-state index contributed by atoms with van der Waals surface area (Å²) in [7, 11) is 1.63. The van der Waals surface area contributed by atoms with Gasteiger partial charge in [0.2, 0.25) is 0 Å². The Morgan fingerprint density at radius 3 is 2.56 bits per heavy atom.